The second-order valence-electron chi connectivity index (χ2n) is 2.74. The normalized spacial score (nSPS) is 12.1. The maximum absolute atomic E-state index is 10.3. The van der Waals surface area contributed by atoms with Crippen molar-refractivity contribution in [3.8, 4) is 0 Å². The van der Waals surface area contributed by atoms with Crippen LogP contribution in [0.4, 0.5) is 0 Å². The van der Waals surface area contributed by atoms with Gasteiger partial charge in [0.1, 0.15) is 6.61 Å². The van der Waals surface area contributed by atoms with Gasteiger partial charge in [0.2, 0.25) is 0 Å². The van der Waals surface area contributed by atoms with Gasteiger partial charge in [-0.05, 0) is 6.92 Å². The third-order valence-corrected chi connectivity index (χ3v) is 1.76. The fourth-order valence-electron chi connectivity index (χ4n) is 0.701. The molecule has 0 aliphatic heterocycles. The molecule has 0 bridgehead atoms. The van der Waals surface area contributed by atoms with E-state index in [-0.39, 0.29) is 0 Å². The van der Waals surface area contributed by atoms with Gasteiger partial charge in [-0.1, -0.05) is 0 Å². The number of aliphatic hydroxyl groups excluding tert-OH is 3. The van der Waals surface area contributed by atoms with Crippen LogP contribution in [0, 0.1) is 21.6 Å². The van der Waals surface area contributed by atoms with Crippen LogP contribution in [-0.2, 0) is 0 Å². The third kappa shape index (κ3) is 2.13. The van der Waals surface area contributed by atoms with Gasteiger partial charge in [-0.2, -0.15) is 0 Å². The zero-order valence-electron chi connectivity index (χ0n) is 6.73. The molecule has 1 radical (unpaired) electrons. The molecule has 6 nitrogen and oxygen atoms in total. The fraction of sp³-hybridized carbons (Fsp3) is 0.833. The second kappa shape index (κ2) is 4.34. The zero-order valence-corrected chi connectivity index (χ0v) is 6.73. The second-order valence-corrected chi connectivity index (χ2v) is 2.74. The van der Waals surface area contributed by atoms with Gasteiger partial charge in [-0.15, -0.1) is 0 Å². The highest BCUT2D eigenvalue weighted by molar-refractivity contribution is 4.95. The molecule has 3 N–H and O–H groups in total. The van der Waals surface area contributed by atoms with Gasteiger partial charge in [0.25, 0.3) is 0 Å². The van der Waals surface area contributed by atoms with E-state index in [1.165, 1.54) is 6.92 Å². The summed E-state index contributed by atoms with van der Waals surface area (Å²) >= 11 is 0. The molecule has 0 aromatic rings. The number of nitro groups is 1. The molecule has 0 rings (SSSR count). The maximum Gasteiger partial charge on any atom is 0.325 e. The molecule has 0 fully saturated rings. The van der Waals surface area contributed by atoms with Crippen LogP contribution in [0.5, 0.6) is 0 Å². The lowest BCUT2D eigenvalue weighted by atomic mass is 9.85. The van der Waals surface area contributed by atoms with Crippen LogP contribution in [0.2, 0.25) is 0 Å². The summed E-state index contributed by atoms with van der Waals surface area (Å²) in [6.07, 6.45) is 0. The zero-order chi connectivity index (χ0) is 9.78. The molecule has 0 saturated heterocycles. The first-order valence-corrected chi connectivity index (χ1v) is 3.35. The number of hydrogen-bond donors (Lipinski definition) is 3. The molecule has 0 aliphatic carbocycles. The topological polar surface area (TPSA) is 104 Å². The summed E-state index contributed by atoms with van der Waals surface area (Å²) in [5.74, 6) is 0. The van der Waals surface area contributed by atoms with E-state index >= 15 is 0 Å². The Kier molecular flexibility index (Phi) is 4.08. The molecule has 0 aromatic heterocycles. The van der Waals surface area contributed by atoms with Crippen molar-refractivity contribution in [3.05, 3.63) is 16.2 Å². The van der Waals surface area contributed by atoms with Gasteiger partial charge in [0, 0.05) is 4.92 Å². The molecule has 0 atom stereocenters. The Hall–Kier alpha value is -0.720. The number of nitrogens with zero attached hydrogens (tertiary/aromatic N) is 1. The van der Waals surface area contributed by atoms with Crippen LogP contribution in [0.15, 0.2) is 0 Å². The number of aliphatic hydroxyl groups is 3. The van der Waals surface area contributed by atoms with Crippen LogP contribution < -0.4 is 0 Å². The molecular weight excluding hydrogens is 166 g/mol. The molecule has 0 amide bonds. The van der Waals surface area contributed by atoms with E-state index in [1.807, 2.05) is 0 Å². The Labute approximate surface area is 69.6 Å². The van der Waals surface area contributed by atoms with Crippen LogP contribution in [0.3, 0.4) is 0 Å². The minimum atomic E-state index is -1.35. The minimum absolute atomic E-state index is 0.479. The van der Waals surface area contributed by atoms with Crippen molar-refractivity contribution in [3.63, 3.8) is 0 Å². The van der Waals surface area contributed by atoms with Gasteiger partial charge < -0.3 is 15.3 Å². The first-order chi connectivity index (χ1) is 5.51. The average molecular weight is 178 g/mol. The van der Waals surface area contributed by atoms with Crippen LogP contribution in [0.25, 0.3) is 0 Å². The van der Waals surface area contributed by atoms with Gasteiger partial charge >= 0.3 is 6.04 Å². The van der Waals surface area contributed by atoms with Crippen molar-refractivity contribution in [1.82, 2.24) is 0 Å². The first kappa shape index (κ1) is 11.3. The smallest absolute Gasteiger partial charge is 0.325 e. The molecule has 0 aromatic carbocycles. The molecule has 12 heavy (non-hydrogen) atoms. The monoisotopic (exact) mass is 178 g/mol. The maximum atomic E-state index is 10.3. The summed E-state index contributed by atoms with van der Waals surface area (Å²) < 4.78 is 0. The first-order valence-electron chi connectivity index (χ1n) is 3.35. The SMILES string of the molecule is CC(CO)(CO)[C](CO)[N+](=O)[O-]. The van der Waals surface area contributed by atoms with E-state index in [1.54, 1.807) is 0 Å². The van der Waals surface area contributed by atoms with E-state index in [9.17, 15) is 10.1 Å². The van der Waals surface area contributed by atoms with E-state index in [2.05, 4.69) is 0 Å². The molecule has 0 spiro atoms. The minimum Gasteiger partial charge on any atom is -0.395 e. The van der Waals surface area contributed by atoms with E-state index in [0.29, 0.717) is 0 Å². The molecular formula is C6H12NO5. The Bertz CT molecular complexity index is 156. The lowest BCUT2D eigenvalue weighted by Crippen LogP contribution is -2.39. The summed E-state index contributed by atoms with van der Waals surface area (Å²) in [5.41, 5.74) is -1.35. The number of rotatable bonds is 5. The quantitative estimate of drug-likeness (QED) is 0.361. The van der Waals surface area contributed by atoms with Gasteiger partial charge in [0.15, 0.2) is 0 Å². The highest BCUT2D eigenvalue weighted by Crippen LogP contribution is 2.27. The van der Waals surface area contributed by atoms with Gasteiger partial charge in [-0.25, -0.2) is 0 Å². The van der Waals surface area contributed by atoms with Crippen LogP contribution in [-0.4, -0.2) is 40.1 Å². The summed E-state index contributed by atoms with van der Waals surface area (Å²) in [7, 11) is 0. The molecule has 6 heteroatoms. The number of hydrogen-bond acceptors (Lipinski definition) is 5. The van der Waals surface area contributed by atoms with Gasteiger partial charge in [-0.3, -0.25) is 10.1 Å². The van der Waals surface area contributed by atoms with Crippen molar-refractivity contribution < 1.29 is 20.2 Å². The summed E-state index contributed by atoms with van der Waals surface area (Å²) in [5, 5.41) is 36.4. The predicted octanol–water partition coefficient (Wildman–Crippen LogP) is -1.22. The average Bonchev–Trinajstić information content (AvgIpc) is 2.04. The van der Waals surface area contributed by atoms with Crippen molar-refractivity contribution in [2.24, 2.45) is 5.41 Å². The standard InChI is InChI=1S/C6H12NO5/c1-6(3-9,4-10)5(2-8)7(11)12/h8-10H,2-4H2,1H3. The Morgan fingerprint density at radius 3 is 1.92 bits per heavy atom. The molecule has 0 heterocycles. The lowest BCUT2D eigenvalue weighted by Gasteiger charge is -2.24. The van der Waals surface area contributed by atoms with Crippen LogP contribution >= 0.6 is 0 Å². The Balaban J connectivity index is 4.54. The lowest BCUT2D eigenvalue weighted by molar-refractivity contribution is -0.489. The summed E-state index contributed by atoms with van der Waals surface area (Å²) in [6, 6.07) is -0.479. The highest BCUT2D eigenvalue weighted by Gasteiger charge is 2.44. The highest BCUT2D eigenvalue weighted by atomic mass is 16.6. The molecule has 71 valence electrons. The van der Waals surface area contributed by atoms with Crippen molar-refractivity contribution in [2.45, 2.75) is 6.92 Å². The third-order valence-electron chi connectivity index (χ3n) is 1.76. The van der Waals surface area contributed by atoms with Crippen LogP contribution in [0.1, 0.15) is 6.92 Å². The van der Waals surface area contributed by atoms with E-state index < -0.39 is 36.2 Å². The van der Waals surface area contributed by atoms with Crippen molar-refractivity contribution >= 4 is 0 Å². The van der Waals surface area contributed by atoms with Crippen molar-refractivity contribution in [2.75, 3.05) is 19.8 Å². The largest absolute Gasteiger partial charge is 0.395 e. The van der Waals surface area contributed by atoms with E-state index in [4.69, 9.17) is 15.3 Å². The molecule has 0 unspecified atom stereocenters. The van der Waals surface area contributed by atoms with Gasteiger partial charge in [0.05, 0.1) is 18.6 Å². The Morgan fingerprint density at radius 2 is 1.83 bits per heavy atom. The summed E-state index contributed by atoms with van der Waals surface area (Å²) in [4.78, 5) is 9.50. The fourth-order valence-corrected chi connectivity index (χ4v) is 0.701. The Morgan fingerprint density at radius 1 is 1.42 bits per heavy atom. The molecule has 0 aliphatic rings. The predicted molar refractivity (Wildman–Crippen MR) is 39.6 cm³/mol. The van der Waals surface area contributed by atoms with Crippen molar-refractivity contribution in [1.29, 1.82) is 0 Å². The summed E-state index contributed by atoms with van der Waals surface area (Å²) in [6.45, 7) is -0.604. The molecule has 0 saturated carbocycles. The van der Waals surface area contributed by atoms with E-state index in [0.717, 1.165) is 0 Å².